The molecule has 3 N–H and O–H groups in total. The summed E-state index contributed by atoms with van der Waals surface area (Å²) in [4.78, 5) is 20.3. The first kappa shape index (κ1) is 17.4. The maximum Gasteiger partial charge on any atom is 0.319 e. The molecule has 0 aliphatic rings. The van der Waals surface area contributed by atoms with Gasteiger partial charge in [0.15, 0.2) is 0 Å². The van der Waals surface area contributed by atoms with Crippen LogP contribution in [0.2, 0.25) is 0 Å². The summed E-state index contributed by atoms with van der Waals surface area (Å²) in [7, 11) is 0. The number of carbonyl (C=O) groups is 1. The third-order valence-electron chi connectivity index (χ3n) is 3.47. The number of hydrogen-bond donors (Lipinski definition) is 3. The summed E-state index contributed by atoms with van der Waals surface area (Å²) in [5.74, 6) is 0.722. The van der Waals surface area contributed by atoms with Gasteiger partial charge in [-0.3, -0.25) is 0 Å². The molecule has 1 rings (SSSR count). The van der Waals surface area contributed by atoms with Gasteiger partial charge in [0.1, 0.15) is 5.82 Å². The van der Waals surface area contributed by atoms with E-state index in [1.54, 1.807) is 12.4 Å². The fourth-order valence-electron chi connectivity index (χ4n) is 1.70. The predicted octanol–water partition coefficient (Wildman–Crippen LogP) is 2.45. The van der Waals surface area contributed by atoms with E-state index in [9.17, 15) is 9.90 Å². The van der Waals surface area contributed by atoms with Crippen molar-refractivity contribution in [1.82, 2.24) is 15.3 Å². The average Bonchev–Trinajstić information content (AvgIpc) is 2.44. The first-order valence-corrected chi connectivity index (χ1v) is 7.30. The molecule has 0 saturated heterocycles. The molecular formula is C15H26N4O2. The van der Waals surface area contributed by atoms with Crippen molar-refractivity contribution in [2.45, 2.75) is 58.5 Å². The van der Waals surface area contributed by atoms with Crippen LogP contribution in [0.1, 0.15) is 53.3 Å². The zero-order chi connectivity index (χ0) is 16.1. The van der Waals surface area contributed by atoms with Crippen LogP contribution in [0, 0.1) is 0 Å². The van der Waals surface area contributed by atoms with E-state index in [1.807, 2.05) is 34.6 Å². The van der Waals surface area contributed by atoms with Gasteiger partial charge in [0.25, 0.3) is 0 Å². The highest BCUT2D eigenvalue weighted by Crippen LogP contribution is 2.18. The largest absolute Gasteiger partial charge is 0.388 e. The second-order valence-electron chi connectivity index (χ2n) is 6.28. The van der Waals surface area contributed by atoms with E-state index in [-0.39, 0.29) is 18.0 Å². The Balaban J connectivity index is 2.56. The van der Waals surface area contributed by atoms with Gasteiger partial charge in [0.05, 0.1) is 23.7 Å². The Morgan fingerprint density at radius 1 is 1.19 bits per heavy atom. The fourth-order valence-corrected chi connectivity index (χ4v) is 1.70. The number of amides is 2. The monoisotopic (exact) mass is 294 g/mol. The molecule has 1 aromatic rings. The van der Waals surface area contributed by atoms with Crippen LogP contribution in [0.4, 0.5) is 10.5 Å². The first-order valence-electron chi connectivity index (χ1n) is 7.30. The van der Waals surface area contributed by atoms with Gasteiger partial charge in [-0.25, -0.2) is 14.8 Å². The summed E-state index contributed by atoms with van der Waals surface area (Å²) >= 11 is 0. The molecule has 0 radical (unpaired) electrons. The summed E-state index contributed by atoms with van der Waals surface area (Å²) in [6.07, 6.45) is 4.35. The summed E-state index contributed by atoms with van der Waals surface area (Å²) in [5.41, 5.74) is -0.458. The van der Waals surface area contributed by atoms with Gasteiger partial charge in [-0.15, -0.1) is 0 Å². The molecule has 0 atom stereocenters. The van der Waals surface area contributed by atoms with Crippen molar-refractivity contribution in [3.63, 3.8) is 0 Å². The van der Waals surface area contributed by atoms with Gasteiger partial charge in [-0.2, -0.15) is 0 Å². The minimum atomic E-state index is -0.857. The van der Waals surface area contributed by atoms with Gasteiger partial charge >= 0.3 is 6.03 Å². The van der Waals surface area contributed by atoms with Crippen molar-refractivity contribution in [3.8, 4) is 0 Å². The molecule has 0 aliphatic heterocycles. The van der Waals surface area contributed by atoms with E-state index in [0.717, 1.165) is 5.82 Å². The average molecular weight is 294 g/mol. The maximum absolute atomic E-state index is 11.8. The summed E-state index contributed by atoms with van der Waals surface area (Å²) < 4.78 is 0. The summed E-state index contributed by atoms with van der Waals surface area (Å²) in [6, 6.07) is -0.373. The normalized spacial score (nSPS) is 12.1. The zero-order valence-corrected chi connectivity index (χ0v) is 13.5. The number of nitrogens with zero attached hydrogens (tertiary/aromatic N) is 2. The van der Waals surface area contributed by atoms with E-state index in [2.05, 4.69) is 20.6 Å². The molecule has 6 nitrogen and oxygen atoms in total. The fraction of sp³-hybridized carbons (Fsp3) is 0.667. The lowest BCUT2D eigenvalue weighted by atomic mass is 9.96. The smallest absolute Gasteiger partial charge is 0.319 e. The van der Waals surface area contributed by atoms with E-state index in [0.29, 0.717) is 18.5 Å². The third-order valence-corrected chi connectivity index (χ3v) is 3.47. The standard InChI is InChI=1S/C15H26N4O2/c1-6-15(21,7-2)10-18-13(20)19-11-8-16-12(17-9-11)14(3,4)5/h8-9,21H,6-7,10H2,1-5H3,(H2,18,19,20). The molecule has 1 heterocycles. The lowest BCUT2D eigenvalue weighted by Gasteiger charge is -2.25. The van der Waals surface area contributed by atoms with Gasteiger partial charge in [-0.1, -0.05) is 34.6 Å². The number of hydrogen-bond acceptors (Lipinski definition) is 4. The number of nitrogens with one attached hydrogen (secondary N) is 2. The van der Waals surface area contributed by atoms with E-state index in [1.165, 1.54) is 0 Å². The minimum Gasteiger partial charge on any atom is -0.388 e. The topological polar surface area (TPSA) is 87.1 Å². The van der Waals surface area contributed by atoms with Crippen LogP contribution in [0.15, 0.2) is 12.4 Å². The molecule has 0 fully saturated rings. The summed E-state index contributed by atoms with van der Waals surface area (Å²) in [5, 5.41) is 15.4. The van der Waals surface area contributed by atoms with Crippen LogP contribution in [0.5, 0.6) is 0 Å². The van der Waals surface area contributed by atoms with E-state index in [4.69, 9.17) is 0 Å². The second kappa shape index (κ2) is 6.85. The zero-order valence-electron chi connectivity index (χ0n) is 13.5. The lowest BCUT2D eigenvalue weighted by Crippen LogP contribution is -2.43. The highest BCUT2D eigenvalue weighted by atomic mass is 16.3. The van der Waals surface area contributed by atoms with E-state index >= 15 is 0 Å². The molecular weight excluding hydrogens is 268 g/mol. The molecule has 0 spiro atoms. The number of carbonyl (C=O) groups excluding carboxylic acids is 1. The Morgan fingerprint density at radius 2 is 1.71 bits per heavy atom. The number of aromatic nitrogens is 2. The number of urea groups is 1. The molecule has 0 aliphatic carbocycles. The Kier molecular flexibility index (Phi) is 5.66. The maximum atomic E-state index is 11.8. The Hall–Kier alpha value is -1.69. The van der Waals surface area contributed by atoms with Crippen LogP contribution in [-0.2, 0) is 5.41 Å². The quantitative estimate of drug-likeness (QED) is 0.778. The van der Waals surface area contributed by atoms with Crippen LogP contribution in [-0.4, -0.2) is 33.3 Å². The van der Waals surface area contributed by atoms with Crippen molar-refractivity contribution >= 4 is 11.7 Å². The van der Waals surface area contributed by atoms with Crippen molar-refractivity contribution < 1.29 is 9.90 Å². The van der Waals surface area contributed by atoms with Gasteiger partial charge < -0.3 is 15.7 Å². The SMILES string of the molecule is CCC(O)(CC)CNC(=O)Nc1cnc(C(C)(C)C)nc1. The molecule has 118 valence electrons. The molecule has 6 heteroatoms. The third kappa shape index (κ3) is 5.30. The van der Waals surface area contributed by atoms with Crippen LogP contribution in [0.25, 0.3) is 0 Å². The van der Waals surface area contributed by atoms with Crippen molar-refractivity contribution in [2.75, 3.05) is 11.9 Å². The Morgan fingerprint density at radius 3 is 2.14 bits per heavy atom. The second-order valence-corrected chi connectivity index (χ2v) is 6.28. The molecule has 0 saturated carbocycles. The molecule has 0 bridgehead atoms. The molecule has 2 amide bonds. The molecule has 1 aromatic heterocycles. The van der Waals surface area contributed by atoms with Crippen LogP contribution in [0.3, 0.4) is 0 Å². The van der Waals surface area contributed by atoms with Crippen molar-refractivity contribution in [2.24, 2.45) is 0 Å². The minimum absolute atomic E-state index is 0.125. The highest BCUT2D eigenvalue weighted by molar-refractivity contribution is 5.88. The highest BCUT2D eigenvalue weighted by Gasteiger charge is 2.22. The number of rotatable bonds is 5. The van der Waals surface area contributed by atoms with E-state index < -0.39 is 5.60 Å². The lowest BCUT2D eigenvalue weighted by molar-refractivity contribution is 0.0354. The van der Waals surface area contributed by atoms with Gasteiger partial charge in [-0.05, 0) is 12.8 Å². The Bertz CT molecular complexity index is 462. The first-order chi connectivity index (χ1) is 9.70. The van der Waals surface area contributed by atoms with Gasteiger partial charge in [0, 0.05) is 12.0 Å². The van der Waals surface area contributed by atoms with Crippen molar-refractivity contribution in [1.29, 1.82) is 0 Å². The Labute approximate surface area is 126 Å². The van der Waals surface area contributed by atoms with Gasteiger partial charge in [0.2, 0.25) is 0 Å². The van der Waals surface area contributed by atoms with Crippen LogP contribution < -0.4 is 10.6 Å². The summed E-state index contributed by atoms with van der Waals surface area (Å²) in [6.45, 7) is 10.1. The van der Waals surface area contributed by atoms with Crippen LogP contribution >= 0.6 is 0 Å². The molecule has 21 heavy (non-hydrogen) atoms. The number of anilines is 1. The van der Waals surface area contributed by atoms with Crippen molar-refractivity contribution in [3.05, 3.63) is 18.2 Å². The molecule has 0 unspecified atom stereocenters. The molecule has 0 aromatic carbocycles. The predicted molar refractivity (Wildman–Crippen MR) is 83.3 cm³/mol. The number of aliphatic hydroxyl groups is 1.